The van der Waals surface area contributed by atoms with E-state index in [9.17, 15) is 9.90 Å². The van der Waals surface area contributed by atoms with Crippen molar-refractivity contribution in [2.24, 2.45) is 5.92 Å². The summed E-state index contributed by atoms with van der Waals surface area (Å²) >= 11 is 0. The first kappa shape index (κ1) is 16.2. The minimum Gasteiger partial charge on any atom is -0.392 e. The lowest BCUT2D eigenvalue weighted by Crippen LogP contribution is -2.44. The number of rotatable bonds is 5. The Morgan fingerprint density at radius 2 is 2.14 bits per heavy atom. The van der Waals surface area contributed by atoms with Gasteiger partial charge >= 0.3 is 0 Å². The van der Waals surface area contributed by atoms with Crippen molar-refractivity contribution in [3.63, 3.8) is 0 Å². The fraction of sp³-hybridized carbons (Fsp3) is 0.706. The molecule has 1 aromatic heterocycles. The molecule has 2 unspecified atom stereocenters. The predicted molar refractivity (Wildman–Crippen MR) is 84.8 cm³/mol. The Hall–Kier alpha value is -1.13. The van der Waals surface area contributed by atoms with Crippen molar-refractivity contribution in [1.82, 2.24) is 9.47 Å². The van der Waals surface area contributed by atoms with Crippen LogP contribution in [0.15, 0.2) is 6.07 Å². The summed E-state index contributed by atoms with van der Waals surface area (Å²) in [5, 5.41) is 9.95. The van der Waals surface area contributed by atoms with Gasteiger partial charge in [-0.25, -0.2) is 0 Å². The van der Waals surface area contributed by atoms with E-state index in [4.69, 9.17) is 0 Å². The molecular weight excluding hydrogens is 264 g/mol. The number of nitrogens with zero attached hydrogens (tertiary/aromatic N) is 2. The molecule has 0 aromatic carbocycles. The molecule has 1 N–H and O–H groups in total. The van der Waals surface area contributed by atoms with E-state index in [-0.39, 0.29) is 11.9 Å². The molecule has 1 fully saturated rings. The van der Waals surface area contributed by atoms with Crippen LogP contribution in [0.1, 0.15) is 48.4 Å². The van der Waals surface area contributed by atoms with Crippen molar-refractivity contribution in [3.8, 4) is 0 Å². The molecule has 1 aromatic rings. The molecule has 2 rings (SSSR count). The molecule has 0 radical (unpaired) electrons. The van der Waals surface area contributed by atoms with Crippen molar-refractivity contribution >= 4 is 5.78 Å². The summed E-state index contributed by atoms with van der Waals surface area (Å²) in [6.45, 7) is 11.2. The summed E-state index contributed by atoms with van der Waals surface area (Å²) in [6.07, 6.45) is 1.72. The van der Waals surface area contributed by atoms with Crippen molar-refractivity contribution in [1.29, 1.82) is 0 Å². The van der Waals surface area contributed by atoms with Gasteiger partial charge in [0.2, 0.25) is 0 Å². The Morgan fingerprint density at radius 1 is 1.43 bits per heavy atom. The number of carbonyl (C=O) groups is 1. The van der Waals surface area contributed by atoms with Gasteiger partial charge in [0.05, 0.1) is 12.6 Å². The van der Waals surface area contributed by atoms with Gasteiger partial charge in [0.1, 0.15) is 0 Å². The van der Waals surface area contributed by atoms with Crippen molar-refractivity contribution in [2.75, 3.05) is 19.6 Å². The van der Waals surface area contributed by atoms with E-state index in [0.29, 0.717) is 19.0 Å². The first-order valence-corrected chi connectivity index (χ1v) is 8.04. The summed E-state index contributed by atoms with van der Waals surface area (Å²) in [5.41, 5.74) is 3.07. The Balaban J connectivity index is 2.05. The second kappa shape index (κ2) is 6.75. The molecule has 4 nitrogen and oxygen atoms in total. The first-order chi connectivity index (χ1) is 9.93. The standard InChI is InChI=1S/C17H28N2O2/c1-5-7-19-13(3)9-15(14(19)4)17(21)11-18-8-6-12(2)16(20)10-18/h9,12,16,20H,5-8,10-11H2,1-4H3. The van der Waals surface area contributed by atoms with Gasteiger partial charge in [0.25, 0.3) is 0 Å². The van der Waals surface area contributed by atoms with E-state index in [2.05, 4.69) is 30.2 Å². The fourth-order valence-corrected chi connectivity index (χ4v) is 3.20. The normalized spacial score (nSPS) is 23.5. The van der Waals surface area contributed by atoms with Gasteiger partial charge in [-0.2, -0.15) is 0 Å². The number of aliphatic hydroxyl groups is 1. The summed E-state index contributed by atoms with van der Waals surface area (Å²) in [7, 11) is 0. The van der Waals surface area contributed by atoms with Crippen LogP contribution in [0.4, 0.5) is 0 Å². The van der Waals surface area contributed by atoms with Gasteiger partial charge in [-0.05, 0) is 45.2 Å². The molecular formula is C17H28N2O2. The number of likely N-dealkylation sites (tertiary alicyclic amines) is 1. The molecule has 4 heteroatoms. The highest BCUT2D eigenvalue weighted by atomic mass is 16.3. The van der Waals surface area contributed by atoms with Gasteiger partial charge in [0, 0.05) is 30.0 Å². The zero-order valence-electron chi connectivity index (χ0n) is 13.7. The van der Waals surface area contributed by atoms with Crippen LogP contribution in [-0.2, 0) is 6.54 Å². The first-order valence-electron chi connectivity index (χ1n) is 8.04. The Kier molecular flexibility index (Phi) is 5.22. The zero-order valence-corrected chi connectivity index (χ0v) is 13.7. The smallest absolute Gasteiger partial charge is 0.178 e. The second-order valence-corrected chi connectivity index (χ2v) is 6.43. The number of ketones is 1. The number of aliphatic hydroxyl groups excluding tert-OH is 1. The van der Waals surface area contributed by atoms with Crippen LogP contribution in [0.2, 0.25) is 0 Å². The number of aryl methyl sites for hydroxylation is 1. The van der Waals surface area contributed by atoms with Gasteiger partial charge in [-0.15, -0.1) is 0 Å². The molecule has 0 amide bonds. The van der Waals surface area contributed by atoms with E-state index in [0.717, 1.165) is 42.9 Å². The van der Waals surface area contributed by atoms with Gasteiger partial charge in [-0.1, -0.05) is 13.8 Å². The van der Waals surface area contributed by atoms with Crippen molar-refractivity contribution in [3.05, 3.63) is 23.0 Å². The molecule has 1 aliphatic rings. The lowest BCUT2D eigenvalue weighted by Gasteiger charge is -2.33. The van der Waals surface area contributed by atoms with E-state index >= 15 is 0 Å². The third-order valence-corrected chi connectivity index (χ3v) is 4.69. The van der Waals surface area contributed by atoms with Gasteiger partial charge in [0.15, 0.2) is 5.78 Å². The van der Waals surface area contributed by atoms with Crippen LogP contribution in [0.5, 0.6) is 0 Å². The number of hydrogen-bond donors (Lipinski definition) is 1. The third kappa shape index (κ3) is 3.55. The van der Waals surface area contributed by atoms with Gasteiger partial charge < -0.3 is 9.67 Å². The summed E-state index contributed by atoms with van der Waals surface area (Å²) in [6, 6.07) is 2.01. The van der Waals surface area contributed by atoms with Crippen LogP contribution in [-0.4, -0.2) is 46.1 Å². The van der Waals surface area contributed by atoms with Crippen molar-refractivity contribution < 1.29 is 9.90 Å². The highest BCUT2D eigenvalue weighted by Crippen LogP contribution is 2.20. The van der Waals surface area contributed by atoms with Crippen LogP contribution in [0.3, 0.4) is 0 Å². The van der Waals surface area contributed by atoms with Crippen LogP contribution < -0.4 is 0 Å². The topological polar surface area (TPSA) is 45.5 Å². The molecule has 0 spiro atoms. The average Bonchev–Trinajstić information content (AvgIpc) is 2.71. The minimum atomic E-state index is -0.306. The van der Waals surface area contributed by atoms with Crippen LogP contribution in [0, 0.1) is 19.8 Å². The molecule has 0 bridgehead atoms. The largest absolute Gasteiger partial charge is 0.392 e. The van der Waals surface area contributed by atoms with E-state index < -0.39 is 0 Å². The van der Waals surface area contributed by atoms with E-state index in [1.54, 1.807) is 0 Å². The highest BCUT2D eigenvalue weighted by molar-refractivity contribution is 5.99. The molecule has 21 heavy (non-hydrogen) atoms. The molecule has 2 atom stereocenters. The highest BCUT2D eigenvalue weighted by Gasteiger charge is 2.26. The minimum absolute atomic E-state index is 0.173. The summed E-state index contributed by atoms with van der Waals surface area (Å²) in [4.78, 5) is 14.6. The number of β-amino-alcohol motifs (C(OH)–C–C–N with tert-alkyl or cyclic N) is 1. The lowest BCUT2D eigenvalue weighted by molar-refractivity contribution is 0.0294. The maximum atomic E-state index is 12.6. The third-order valence-electron chi connectivity index (χ3n) is 4.69. The molecule has 0 saturated carbocycles. The second-order valence-electron chi connectivity index (χ2n) is 6.43. The molecule has 1 saturated heterocycles. The van der Waals surface area contributed by atoms with E-state index in [1.165, 1.54) is 0 Å². The predicted octanol–water partition coefficient (Wildman–Crippen LogP) is 2.40. The van der Waals surface area contributed by atoms with Crippen LogP contribution >= 0.6 is 0 Å². The number of hydrogen-bond acceptors (Lipinski definition) is 3. The SMILES string of the molecule is CCCn1c(C)cc(C(=O)CN2CCC(C)C(O)C2)c1C. The Labute approximate surface area is 127 Å². The van der Waals surface area contributed by atoms with Crippen LogP contribution in [0.25, 0.3) is 0 Å². The quantitative estimate of drug-likeness (QED) is 0.848. The Bertz CT molecular complexity index is 507. The maximum absolute atomic E-state index is 12.6. The number of Topliss-reactive ketones (excluding diaryl/α,β-unsaturated/α-hetero) is 1. The Morgan fingerprint density at radius 3 is 2.76 bits per heavy atom. The summed E-state index contributed by atoms with van der Waals surface area (Å²) in [5.74, 6) is 0.512. The monoisotopic (exact) mass is 292 g/mol. The fourth-order valence-electron chi connectivity index (χ4n) is 3.20. The number of aromatic nitrogens is 1. The molecule has 118 valence electrons. The number of carbonyl (C=O) groups excluding carboxylic acids is 1. The van der Waals surface area contributed by atoms with E-state index in [1.807, 2.05) is 13.0 Å². The molecule has 1 aliphatic heterocycles. The molecule has 2 heterocycles. The lowest BCUT2D eigenvalue weighted by atomic mass is 9.95. The van der Waals surface area contributed by atoms with Crippen molar-refractivity contribution in [2.45, 2.75) is 53.2 Å². The molecule has 0 aliphatic carbocycles. The van der Waals surface area contributed by atoms with Gasteiger partial charge in [-0.3, -0.25) is 9.69 Å². The summed E-state index contributed by atoms with van der Waals surface area (Å²) < 4.78 is 2.22. The maximum Gasteiger partial charge on any atom is 0.178 e. The number of piperidine rings is 1. The zero-order chi connectivity index (χ0) is 15.6. The average molecular weight is 292 g/mol.